The number of nitrogens with one attached hydrogen (secondary N) is 2. The van der Waals surface area contributed by atoms with Gasteiger partial charge >= 0.3 is 0 Å². The van der Waals surface area contributed by atoms with Crippen molar-refractivity contribution in [1.82, 2.24) is 5.43 Å². The van der Waals surface area contributed by atoms with Crippen molar-refractivity contribution >= 4 is 40.8 Å². The molecule has 0 bridgehead atoms. The first-order valence-corrected chi connectivity index (χ1v) is 7.84. The molecule has 0 saturated heterocycles. The summed E-state index contributed by atoms with van der Waals surface area (Å²) in [4.78, 5) is 0. The predicted molar refractivity (Wildman–Crippen MR) is 101 cm³/mol. The molecule has 0 aliphatic heterocycles. The summed E-state index contributed by atoms with van der Waals surface area (Å²) in [6.45, 7) is 1.93. The molecule has 0 radical (unpaired) electrons. The summed E-state index contributed by atoms with van der Waals surface area (Å²) in [5.74, 6) is 0.635. The van der Waals surface area contributed by atoms with Gasteiger partial charge in [0.05, 0.1) is 6.21 Å². The molecular weight excluding hydrogens is 344 g/mol. The molecular formula is C17H15ClN4OS. The maximum Gasteiger partial charge on any atom is 0.191 e. The molecule has 2 rings (SSSR count). The van der Waals surface area contributed by atoms with Crippen molar-refractivity contribution in [3.8, 4) is 11.8 Å². The summed E-state index contributed by atoms with van der Waals surface area (Å²) in [5.41, 5.74) is 5.36. The van der Waals surface area contributed by atoms with Crippen molar-refractivity contribution in [2.75, 3.05) is 11.9 Å². The van der Waals surface area contributed by atoms with E-state index in [-0.39, 0.29) is 6.61 Å². The monoisotopic (exact) mass is 358 g/mol. The Labute approximate surface area is 150 Å². The van der Waals surface area contributed by atoms with Gasteiger partial charge in [0.25, 0.3) is 0 Å². The summed E-state index contributed by atoms with van der Waals surface area (Å²) in [7, 11) is 0. The van der Waals surface area contributed by atoms with Crippen molar-refractivity contribution in [1.29, 1.82) is 5.26 Å². The van der Waals surface area contributed by atoms with E-state index < -0.39 is 0 Å². The fraction of sp³-hybridized carbons (Fsp3) is 0.118. The SMILES string of the molecule is Cc1c(Cl)cccc1NC(=S)N/N=C\c1ccc(OCC#N)cc1. The number of hydrogen-bond donors (Lipinski definition) is 2. The van der Waals surface area contributed by atoms with Crippen LogP contribution in [0.3, 0.4) is 0 Å². The molecule has 0 heterocycles. The summed E-state index contributed by atoms with van der Waals surface area (Å²) in [6.07, 6.45) is 1.63. The second kappa shape index (κ2) is 8.87. The van der Waals surface area contributed by atoms with Crippen LogP contribution in [0.2, 0.25) is 5.02 Å². The Morgan fingerprint density at radius 1 is 1.33 bits per heavy atom. The number of thiocarbonyl (C=S) groups is 1. The summed E-state index contributed by atoms with van der Waals surface area (Å²) in [5, 5.41) is 16.6. The maximum atomic E-state index is 8.46. The average molecular weight is 359 g/mol. The zero-order valence-corrected chi connectivity index (χ0v) is 14.5. The molecule has 0 unspecified atom stereocenters. The lowest BCUT2D eigenvalue weighted by Gasteiger charge is -2.10. The summed E-state index contributed by atoms with van der Waals surface area (Å²) >= 11 is 11.3. The third-order valence-corrected chi connectivity index (χ3v) is 3.68. The quantitative estimate of drug-likeness (QED) is 0.482. The molecule has 0 aliphatic rings. The highest BCUT2D eigenvalue weighted by atomic mass is 35.5. The number of nitrogens with zero attached hydrogens (tertiary/aromatic N) is 2. The highest BCUT2D eigenvalue weighted by Gasteiger charge is 2.03. The van der Waals surface area contributed by atoms with Gasteiger partial charge in [-0.15, -0.1) is 0 Å². The molecule has 5 nitrogen and oxygen atoms in total. The van der Waals surface area contributed by atoms with E-state index in [9.17, 15) is 0 Å². The van der Waals surface area contributed by atoms with Gasteiger partial charge in [0.1, 0.15) is 11.8 Å². The minimum Gasteiger partial charge on any atom is -0.479 e. The Hall–Kier alpha value is -2.62. The maximum absolute atomic E-state index is 8.46. The van der Waals surface area contributed by atoms with E-state index >= 15 is 0 Å². The first-order chi connectivity index (χ1) is 11.6. The largest absolute Gasteiger partial charge is 0.479 e. The van der Waals surface area contributed by atoms with Gasteiger partial charge in [-0.3, -0.25) is 5.43 Å². The Kier molecular flexibility index (Phi) is 6.55. The van der Waals surface area contributed by atoms with Gasteiger partial charge < -0.3 is 10.1 Å². The van der Waals surface area contributed by atoms with Crippen molar-refractivity contribution in [3.63, 3.8) is 0 Å². The van der Waals surface area contributed by atoms with E-state index in [0.717, 1.165) is 16.8 Å². The van der Waals surface area contributed by atoms with Crippen LogP contribution >= 0.6 is 23.8 Å². The van der Waals surface area contributed by atoms with Crippen molar-refractivity contribution < 1.29 is 4.74 Å². The van der Waals surface area contributed by atoms with E-state index in [0.29, 0.717) is 15.9 Å². The van der Waals surface area contributed by atoms with Crippen LogP contribution in [0.4, 0.5) is 5.69 Å². The van der Waals surface area contributed by atoms with Crippen LogP contribution in [0.5, 0.6) is 5.75 Å². The molecule has 24 heavy (non-hydrogen) atoms. The Bertz CT molecular complexity index is 784. The third-order valence-electron chi connectivity index (χ3n) is 3.08. The minimum atomic E-state index is 0.0256. The minimum absolute atomic E-state index is 0.0256. The van der Waals surface area contributed by atoms with Gasteiger partial charge in [0, 0.05) is 10.7 Å². The van der Waals surface area contributed by atoms with Crippen LogP contribution in [0.1, 0.15) is 11.1 Å². The summed E-state index contributed by atoms with van der Waals surface area (Å²) in [6, 6.07) is 14.7. The third kappa shape index (κ3) is 5.23. The molecule has 0 amide bonds. The summed E-state index contributed by atoms with van der Waals surface area (Å²) < 4.78 is 5.18. The lowest BCUT2D eigenvalue weighted by atomic mass is 10.2. The van der Waals surface area contributed by atoms with Crippen molar-refractivity contribution in [2.45, 2.75) is 6.92 Å². The van der Waals surface area contributed by atoms with Crippen LogP contribution < -0.4 is 15.5 Å². The molecule has 0 spiro atoms. The number of hydrogen-bond acceptors (Lipinski definition) is 4. The van der Waals surface area contributed by atoms with Gasteiger partial charge in [-0.05, 0) is 66.7 Å². The van der Waals surface area contributed by atoms with Crippen LogP contribution in [0, 0.1) is 18.3 Å². The van der Waals surface area contributed by atoms with Gasteiger partial charge in [0.15, 0.2) is 11.7 Å². The van der Waals surface area contributed by atoms with Crippen molar-refractivity contribution in [3.05, 3.63) is 58.6 Å². The molecule has 0 saturated carbocycles. The van der Waals surface area contributed by atoms with Gasteiger partial charge in [0.2, 0.25) is 0 Å². The molecule has 2 aromatic rings. The van der Waals surface area contributed by atoms with Gasteiger partial charge in [-0.2, -0.15) is 10.4 Å². The lowest BCUT2D eigenvalue weighted by molar-refractivity contribution is 0.368. The topological polar surface area (TPSA) is 69.4 Å². The van der Waals surface area contributed by atoms with Crippen LogP contribution in [0.25, 0.3) is 0 Å². The van der Waals surface area contributed by atoms with Gasteiger partial charge in [-0.1, -0.05) is 17.7 Å². The predicted octanol–water partition coefficient (Wildman–Crippen LogP) is 3.87. The van der Waals surface area contributed by atoms with Crippen LogP contribution in [-0.2, 0) is 0 Å². The first-order valence-electron chi connectivity index (χ1n) is 7.05. The molecule has 2 aromatic carbocycles. The zero-order chi connectivity index (χ0) is 17.4. The number of nitriles is 1. The van der Waals surface area contributed by atoms with E-state index in [1.165, 1.54) is 0 Å². The fourth-order valence-electron chi connectivity index (χ4n) is 1.82. The molecule has 0 aliphatic carbocycles. The molecule has 7 heteroatoms. The van der Waals surface area contributed by atoms with Crippen LogP contribution in [-0.4, -0.2) is 17.9 Å². The second-order valence-corrected chi connectivity index (χ2v) is 5.57. The first kappa shape index (κ1) is 17.7. The Morgan fingerprint density at radius 3 is 2.79 bits per heavy atom. The van der Waals surface area contributed by atoms with Gasteiger partial charge in [-0.25, -0.2) is 0 Å². The highest BCUT2D eigenvalue weighted by Crippen LogP contribution is 2.22. The number of ether oxygens (including phenoxy) is 1. The molecule has 0 atom stereocenters. The van der Waals surface area contributed by atoms with E-state index in [2.05, 4.69) is 15.8 Å². The lowest BCUT2D eigenvalue weighted by Crippen LogP contribution is -2.24. The van der Waals surface area contributed by atoms with E-state index in [4.69, 9.17) is 33.8 Å². The highest BCUT2D eigenvalue weighted by molar-refractivity contribution is 7.80. The number of benzene rings is 2. The standard InChI is InChI=1S/C17H15ClN4OS/c1-12-15(18)3-2-4-16(12)21-17(24)22-20-11-13-5-7-14(8-6-13)23-10-9-19/h2-8,11H,10H2,1H3,(H2,21,22,24)/b20-11-. The van der Waals surface area contributed by atoms with E-state index in [1.54, 1.807) is 18.3 Å². The number of halogens is 1. The van der Waals surface area contributed by atoms with Crippen molar-refractivity contribution in [2.24, 2.45) is 5.10 Å². The number of anilines is 1. The average Bonchev–Trinajstić information content (AvgIpc) is 2.58. The normalized spacial score (nSPS) is 10.2. The smallest absolute Gasteiger partial charge is 0.191 e. The molecule has 122 valence electrons. The molecule has 2 N–H and O–H groups in total. The van der Waals surface area contributed by atoms with E-state index in [1.807, 2.05) is 43.3 Å². The fourth-order valence-corrected chi connectivity index (χ4v) is 2.16. The van der Waals surface area contributed by atoms with Crippen LogP contribution in [0.15, 0.2) is 47.6 Å². The Morgan fingerprint density at radius 2 is 2.08 bits per heavy atom. The second-order valence-electron chi connectivity index (χ2n) is 4.75. The zero-order valence-electron chi connectivity index (χ0n) is 12.9. The Balaban J connectivity index is 1.88. The molecule has 0 fully saturated rings. The molecule has 0 aromatic heterocycles. The number of hydrazone groups is 1. The number of rotatable bonds is 5.